The molecule has 0 aliphatic heterocycles. The Hall–Kier alpha value is -1.41. The van der Waals surface area contributed by atoms with Crippen molar-refractivity contribution >= 4 is 0 Å². The van der Waals surface area contributed by atoms with Gasteiger partial charge in [0.1, 0.15) is 0 Å². The molecule has 0 atom stereocenters. The Morgan fingerprint density at radius 2 is 2.42 bits per heavy atom. The lowest BCUT2D eigenvalue weighted by atomic mass is 10.5. The average Bonchev–Trinajstić information content (AvgIpc) is 2.57. The van der Waals surface area contributed by atoms with E-state index in [0.717, 1.165) is 0 Å². The molecule has 64 valence electrons. The van der Waals surface area contributed by atoms with Gasteiger partial charge in [-0.3, -0.25) is 4.68 Å². The maximum absolute atomic E-state index is 8.19. The van der Waals surface area contributed by atoms with Crippen LogP contribution in [0.4, 0.5) is 0 Å². The first-order valence-electron chi connectivity index (χ1n) is 3.72. The minimum Gasteiger partial charge on any atom is -0.378 e. The van der Waals surface area contributed by atoms with Crippen molar-refractivity contribution in [1.82, 2.24) is 15.0 Å². The molecule has 0 radical (unpaired) electrons. The molecule has 0 spiro atoms. The number of hydrogen-bond acceptors (Lipinski definition) is 4. The van der Waals surface area contributed by atoms with Crippen LogP contribution in [0.1, 0.15) is 6.42 Å². The third-order valence-electron chi connectivity index (χ3n) is 1.29. The Morgan fingerprint density at radius 3 is 3.08 bits per heavy atom. The van der Waals surface area contributed by atoms with E-state index in [2.05, 4.69) is 10.3 Å². The summed E-state index contributed by atoms with van der Waals surface area (Å²) < 4.78 is 6.82. The number of ether oxygens (including phenoxy) is 1. The van der Waals surface area contributed by atoms with Crippen LogP contribution < -0.4 is 0 Å². The second-order valence-corrected chi connectivity index (χ2v) is 2.19. The molecule has 1 aromatic heterocycles. The minimum atomic E-state index is 0.442. The van der Waals surface area contributed by atoms with Gasteiger partial charge in [0, 0.05) is 6.20 Å². The van der Waals surface area contributed by atoms with Crippen LogP contribution in [-0.2, 0) is 11.3 Å². The fourth-order valence-electron chi connectivity index (χ4n) is 0.730. The molecule has 0 fully saturated rings. The van der Waals surface area contributed by atoms with Gasteiger partial charge in [0.05, 0.1) is 38.4 Å². The Balaban J connectivity index is 2.01. The van der Waals surface area contributed by atoms with E-state index in [0.29, 0.717) is 26.2 Å². The van der Waals surface area contributed by atoms with Gasteiger partial charge >= 0.3 is 0 Å². The van der Waals surface area contributed by atoms with E-state index < -0.39 is 0 Å². The van der Waals surface area contributed by atoms with Crippen molar-refractivity contribution in [3.8, 4) is 6.07 Å². The van der Waals surface area contributed by atoms with E-state index in [1.807, 2.05) is 6.07 Å². The molecule has 0 aromatic carbocycles. The van der Waals surface area contributed by atoms with Gasteiger partial charge in [-0.2, -0.15) is 5.26 Å². The van der Waals surface area contributed by atoms with E-state index in [1.54, 1.807) is 17.1 Å². The van der Waals surface area contributed by atoms with Crippen molar-refractivity contribution in [1.29, 1.82) is 5.26 Å². The Labute approximate surface area is 70.6 Å². The van der Waals surface area contributed by atoms with Gasteiger partial charge in [0.15, 0.2) is 0 Å². The third kappa shape index (κ3) is 3.12. The van der Waals surface area contributed by atoms with Crippen molar-refractivity contribution in [2.75, 3.05) is 13.2 Å². The molecule has 1 heterocycles. The van der Waals surface area contributed by atoms with Crippen molar-refractivity contribution in [2.45, 2.75) is 13.0 Å². The summed E-state index contributed by atoms with van der Waals surface area (Å²) >= 11 is 0. The monoisotopic (exact) mass is 166 g/mol. The fourth-order valence-corrected chi connectivity index (χ4v) is 0.730. The third-order valence-corrected chi connectivity index (χ3v) is 1.29. The predicted molar refractivity (Wildman–Crippen MR) is 41.1 cm³/mol. The first kappa shape index (κ1) is 8.68. The molecule has 0 saturated carbocycles. The predicted octanol–water partition coefficient (Wildman–Crippen LogP) is 0.208. The van der Waals surface area contributed by atoms with Gasteiger partial charge in [-0.15, -0.1) is 5.10 Å². The zero-order valence-electron chi connectivity index (χ0n) is 6.68. The van der Waals surface area contributed by atoms with Crippen LogP contribution >= 0.6 is 0 Å². The first-order valence-corrected chi connectivity index (χ1v) is 3.72. The largest absolute Gasteiger partial charge is 0.378 e. The summed E-state index contributed by atoms with van der Waals surface area (Å²) in [5.74, 6) is 0. The van der Waals surface area contributed by atoms with Gasteiger partial charge < -0.3 is 4.74 Å². The lowest BCUT2D eigenvalue weighted by Crippen LogP contribution is -2.07. The SMILES string of the molecule is N#CCCOCCn1ccnn1. The smallest absolute Gasteiger partial charge is 0.0692 e. The van der Waals surface area contributed by atoms with Gasteiger partial charge in [-0.25, -0.2) is 0 Å². The number of aromatic nitrogens is 3. The van der Waals surface area contributed by atoms with Crippen molar-refractivity contribution < 1.29 is 4.74 Å². The molecule has 0 aliphatic carbocycles. The molecular weight excluding hydrogens is 156 g/mol. The molecule has 1 rings (SSSR count). The Kier molecular flexibility index (Phi) is 3.81. The lowest BCUT2D eigenvalue weighted by molar-refractivity contribution is 0.128. The Morgan fingerprint density at radius 1 is 1.50 bits per heavy atom. The van der Waals surface area contributed by atoms with Gasteiger partial charge in [-0.05, 0) is 0 Å². The quantitative estimate of drug-likeness (QED) is 0.586. The van der Waals surface area contributed by atoms with Crippen LogP contribution in [0.3, 0.4) is 0 Å². The highest BCUT2D eigenvalue weighted by Gasteiger charge is 1.90. The van der Waals surface area contributed by atoms with Crippen LogP contribution in [-0.4, -0.2) is 28.2 Å². The highest BCUT2D eigenvalue weighted by molar-refractivity contribution is 4.67. The number of nitriles is 1. The number of nitrogens with zero attached hydrogens (tertiary/aromatic N) is 4. The molecule has 1 aromatic rings. The van der Waals surface area contributed by atoms with Crippen LogP contribution in [0.5, 0.6) is 0 Å². The summed E-state index contributed by atoms with van der Waals surface area (Å²) in [6, 6.07) is 2.00. The maximum atomic E-state index is 8.19. The molecule has 0 unspecified atom stereocenters. The topological polar surface area (TPSA) is 63.7 Å². The van der Waals surface area contributed by atoms with Crippen LogP contribution in [0.2, 0.25) is 0 Å². The average molecular weight is 166 g/mol. The molecule has 0 bridgehead atoms. The van der Waals surface area contributed by atoms with Gasteiger partial charge in [0.2, 0.25) is 0 Å². The van der Waals surface area contributed by atoms with Crippen LogP contribution in [0, 0.1) is 11.3 Å². The van der Waals surface area contributed by atoms with Gasteiger partial charge in [0.25, 0.3) is 0 Å². The second-order valence-electron chi connectivity index (χ2n) is 2.19. The van der Waals surface area contributed by atoms with E-state index in [1.165, 1.54) is 0 Å². The van der Waals surface area contributed by atoms with Crippen LogP contribution in [0.15, 0.2) is 12.4 Å². The highest BCUT2D eigenvalue weighted by atomic mass is 16.5. The van der Waals surface area contributed by atoms with Crippen molar-refractivity contribution in [3.05, 3.63) is 12.4 Å². The molecule has 0 amide bonds. The zero-order valence-corrected chi connectivity index (χ0v) is 6.68. The molecule has 5 nitrogen and oxygen atoms in total. The minimum absolute atomic E-state index is 0.442. The van der Waals surface area contributed by atoms with E-state index in [9.17, 15) is 0 Å². The van der Waals surface area contributed by atoms with Gasteiger partial charge in [-0.1, -0.05) is 5.21 Å². The summed E-state index contributed by atoms with van der Waals surface area (Å²) in [5.41, 5.74) is 0. The summed E-state index contributed by atoms with van der Waals surface area (Å²) in [6.45, 7) is 1.75. The number of rotatable bonds is 5. The normalized spacial score (nSPS) is 9.58. The zero-order chi connectivity index (χ0) is 8.65. The molecule has 0 aliphatic rings. The van der Waals surface area contributed by atoms with Crippen molar-refractivity contribution in [2.24, 2.45) is 0 Å². The molecule has 12 heavy (non-hydrogen) atoms. The fraction of sp³-hybridized carbons (Fsp3) is 0.571. The van der Waals surface area contributed by atoms with Crippen molar-refractivity contribution in [3.63, 3.8) is 0 Å². The summed E-state index contributed by atoms with van der Waals surface area (Å²) in [6.07, 6.45) is 3.83. The molecule has 0 N–H and O–H groups in total. The van der Waals surface area contributed by atoms with E-state index in [-0.39, 0.29) is 0 Å². The summed E-state index contributed by atoms with van der Waals surface area (Å²) in [4.78, 5) is 0. The Bertz CT molecular complexity index is 238. The highest BCUT2D eigenvalue weighted by Crippen LogP contribution is 1.84. The molecular formula is C7H10N4O. The van der Waals surface area contributed by atoms with E-state index >= 15 is 0 Å². The maximum Gasteiger partial charge on any atom is 0.0692 e. The molecule has 0 saturated heterocycles. The standard InChI is InChI=1S/C7H10N4O/c8-2-1-6-12-7-5-11-4-3-9-10-11/h3-4H,1,5-7H2. The summed E-state index contributed by atoms with van der Waals surface area (Å²) in [5, 5.41) is 15.6. The van der Waals surface area contributed by atoms with E-state index in [4.69, 9.17) is 10.00 Å². The molecule has 5 heteroatoms. The first-order chi connectivity index (χ1) is 5.93. The summed E-state index contributed by atoms with van der Waals surface area (Å²) in [7, 11) is 0. The van der Waals surface area contributed by atoms with Crippen LogP contribution in [0.25, 0.3) is 0 Å². The number of hydrogen-bond donors (Lipinski definition) is 0. The lowest BCUT2D eigenvalue weighted by Gasteiger charge is -2.00. The second kappa shape index (κ2) is 5.27.